The Morgan fingerprint density at radius 2 is 2.27 bits per heavy atom. The number of carboxylic acids is 1. The topological polar surface area (TPSA) is 49.3 Å². The van der Waals surface area contributed by atoms with Crippen LogP contribution in [0.1, 0.15) is 18.9 Å². The maximum absolute atomic E-state index is 10.9. The van der Waals surface area contributed by atoms with Gasteiger partial charge in [0.1, 0.15) is 6.04 Å². The summed E-state index contributed by atoms with van der Waals surface area (Å²) in [6.45, 7) is 3.84. The highest BCUT2D eigenvalue weighted by Crippen LogP contribution is 2.21. The van der Waals surface area contributed by atoms with Crippen LogP contribution in [0.2, 0.25) is 0 Å². The molecular weight excluding hydrogens is 305 g/mol. The third kappa shape index (κ3) is 3.09. The lowest BCUT2D eigenvalue weighted by atomic mass is 10.1. The van der Waals surface area contributed by atoms with Crippen molar-refractivity contribution in [1.29, 1.82) is 0 Å². The van der Waals surface area contributed by atoms with Crippen molar-refractivity contribution in [2.24, 2.45) is 0 Å². The van der Waals surface area contributed by atoms with Crippen LogP contribution < -0.4 is 5.32 Å². The van der Waals surface area contributed by atoms with Crippen LogP contribution in [0.5, 0.6) is 0 Å². The predicted octanol–water partition coefficient (Wildman–Crippen LogP) is 2.87. The van der Waals surface area contributed by atoms with Gasteiger partial charge in [-0.1, -0.05) is 13.0 Å². The van der Waals surface area contributed by atoms with Crippen LogP contribution in [-0.4, -0.2) is 17.1 Å². The Kier molecular flexibility index (Phi) is 4.38. The Hall–Kier alpha value is -0.780. The van der Waals surface area contributed by atoms with E-state index in [-0.39, 0.29) is 0 Å². The summed E-state index contributed by atoms with van der Waals surface area (Å²) in [6, 6.07) is 5.32. The first-order valence-electron chi connectivity index (χ1n) is 4.80. The van der Waals surface area contributed by atoms with Crippen LogP contribution in [0.15, 0.2) is 18.2 Å². The van der Waals surface area contributed by atoms with Gasteiger partial charge in [0.2, 0.25) is 0 Å². The maximum Gasteiger partial charge on any atom is 0.326 e. The van der Waals surface area contributed by atoms with Gasteiger partial charge in [-0.05, 0) is 53.6 Å². The van der Waals surface area contributed by atoms with Gasteiger partial charge in [0, 0.05) is 9.26 Å². The number of carboxylic acid groups (broad SMARTS) is 1. The average Bonchev–Trinajstić information content (AvgIpc) is 2.19. The molecule has 1 rings (SSSR count). The van der Waals surface area contributed by atoms with Gasteiger partial charge in [0.15, 0.2) is 0 Å². The van der Waals surface area contributed by atoms with Crippen molar-refractivity contribution in [3.05, 3.63) is 27.3 Å². The number of anilines is 1. The third-order valence-electron chi connectivity index (χ3n) is 2.30. The van der Waals surface area contributed by atoms with Crippen molar-refractivity contribution in [2.45, 2.75) is 26.3 Å². The first-order chi connectivity index (χ1) is 7.06. The van der Waals surface area contributed by atoms with Crippen LogP contribution in [0.4, 0.5) is 5.69 Å². The predicted molar refractivity (Wildman–Crippen MR) is 69.2 cm³/mol. The van der Waals surface area contributed by atoms with Crippen LogP contribution in [0, 0.1) is 10.5 Å². The highest BCUT2D eigenvalue weighted by atomic mass is 127. The van der Waals surface area contributed by atoms with Gasteiger partial charge >= 0.3 is 5.97 Å². The van der Waals surface area contributed by atoms with Crippen molar-refractivity contribution < 1.29 is 9.90 Å². The van der Waals surface area contributed by atoms with Crippen LogP contribution >= 0.6 is 22.6 Å². The number of rotatable bonds is 4. The van der Waals surface area contributed by atoms with Gasteiger partial charge < -0.3 is 10.4 Å². The zero-order valence-electron chi connectivity index (χ0n) is 8.75. The maximum atomic E-state index is 10.9. The molecule has 0 radical (unpaired) electrons. The molecule has 0 saturated carbocycles. The fraction of sp³-hybridized carbons (Fsp3) is 0.364. The Bertz CT molecular complexity index is 366. The number of carbonyl (C=O) groups is 1. The van der Waals surface area contributed by atoms with Gasteiger partial charge in [-0.25, -0.2) is 4.79 Å². The molecule has 0 aliphatic carbocycles. The van der Waals surface area contributed by atoms with E-state index in [1.165, 1.54) is 0 Å². The van der Waals surface area contributed by atoms with E-state index in [9.17, 15) is 4.79 Å². The van der Waals surface area contributed by atoms with Crippen LogP contribution in [0.3, 0.4) is 0 Å². The zero-order valence-corrected chi connectivity index (χ0v) is 10.9. The Morgan fingerprint density at radius 3 is 2.80 bits per heavy atom. The molecule has 0 spiro atoms. The number of halogens is 1. The summed E-state index contributed by atoms with van der Waals surface area (Å²) in [5, 5.41) is 12.0. The summed E-state index contributed by atoms with van der Waals surface area (Å²) in [5.74, 6) is -0.809. The Labute approximate surface area is 103 Å². The quantitative estimate of drug-likeness (QED) is 0.839. The Morgan fingerprint density at radius 1 is 1.60 bits per heavy atom. The van der Waals surface area contributed by atoms with Crippen molar-refractivity contribution in [3.63, 3.8) is 0 Å². The molecule has 15 heavy (non-hydrogen) atoms. The molecular formula is C11H14INO2. The van der Waals surface area contributed by atoms with Gasteiger partial charge in [-0.3, -0.25) is 0 Å². The van der Waals surface area contributed by atoms with Crippen LogP contribution in [-0.2, 0) is 4.79 Å². The highest BCUT2D eigenvalue weighted by Gasteiger charge is 2.15. The molecule has 4 heteroatoms. The lowest BCUT2D eigenvalue weighted by molar-refractivity contribution is -0.137. The molecule has 0 aliphatic rings. The first-order valence-corrected chi connectivity index (χ1v) is 5.88. The van der Waals surface area contributed by atoms with Crippen molar-refractivity contribution in [2.75, 3.05) is 5.32 Å². The molecule has 1 aromatic carbocycles. The van der Waals surface area contributed by atoms with Crippen molar-refractivity contribution >= 4 is 34.2 Å². The summed E-state index contributed by atoms with van der Waals surface area (Å²) in [6.07, 6.45) is 0.570. The SMILES string of the molecule is CCC(Nc1cccc(I)c1C)C(=O)O. The summed E-state index contributed by atoms with van der Waals surface area (Å²) < 4.78 is 1.14. The second-order valence-electron chi connectivity index (χ2n) is 3.36. The standard InChI is InChI=1S/C11H14INO2/c1-3-9(11(14)15)13-10-6-4-5-8(12)7(10)2/h4-6,9,13H,3H2,1-2H3,(H,14,15). The van der Waals surface area contributed by atoms with E-state index in [1.807, 2.05) is 32.0 Å². The fourth-order valence-electron chi connectivity index (χ4n) is 1.29. The zero-order chi connectivity index (χ0) is 11.4. The van der Waals surface area contributed by atoms with E-state index in [2.05, 4.69) is 27.9 Å². The molecule has 1 unspecified atom stereocenters. The number of hydrogen-bond acceptors (Lipinski definition) is 2. The number of hydrogen-bond donors (Lipinski definition) is 2. The first kappa shape index (κ1) is 12.3. The minimum atomic E-state index is -0.809. The van der Waals surface area contributed by atoms with E-state index in [1.54, 1.807) is 0 Å². The van der Waals surface area contributed by atoms with Gasteiger partial charge in [0.25, 0.3) is 0 Å². The monoisotopic (exact) mass is 319 g/mol. The number of benzene rings is 1. The molecule has 0 amide bonds. The third-order valence-corrected chi connectivity index (χ3v) is 3.47. The summed E-state index contributed by atoms with van der Waals surface area (Å²) in [5.41, 5.74) is 1.99. The van der Waals surface area contributed by atoms with Gasteiger partial charge in [-0.2, -0.15) is 0 Å². The molecule has 0 fully saturated rings. The molecule has 1 aromatic rings. The minimum Gasteiger partial charge on any atom is -0.480 e. The molecule has 1 atom stereocenters. The molecule has 0 aromatic heterocycles. The second-order valence-corrected chi connectivity index (χ2v) is 4.52. The lowest BCUT2D eigenvalue weighted by Gasteiger charge is -2.16. The lowest BCUT2D eigenvalue weighted by Crippen LogP contribution is -2.28. The molecule has 0 heterocycles. The fourth-order valence-corrected chi connectivity index (χ4v) is 1.79. The molecule has 0 saturated heterocycles. The molecule has 2 N–H and O–H groups in total. The molecule has 0 aliphatic heterocycles. The number of aliphatic carboxylic acids is 1. The van der Waals surface area contributed by atoms with E-state index in [4.69, 9.17) is 5.11 Å². The van der Waals surface area contributed by atoms with Crippen molar-refractivity contribution in [3.8, 4) is 0 Å². The normalized spacial score (nSPS) is 12.2. The van der Waals surface area contributed by atoms with Crippen molar-refractivity contribution in [1.82, 2.24) is 0 Å². The summed E-state index contributed by atoms with van der Waals surface area (Å²) >= 11 is 2.24. The minimum absolute atomic E-state index is 0.512. The molecule has 3 nitrogen and oxygen atoms in total. The van der Waals surface area contributed by atoms with Crippen LogP contribution in [0.25, 0.3) is 0 Å². The van der Waals surface area contributed by atoms with E-state index in [0.29, 0.717) is 6.42 Å². The molecule has 82 valence electrons. The summed E-state index contributed by atoms with van der Waals surface area (Å²) in [7, 11) is 0. The average molecular weight is 319 g/mol. The van der Waals surface area contributed by atoms with Gasteiger partial charge in [-0.15, -0.1) is 0 Å². The number of nitrogens with one attached hydrogen (secondary N) is 1. The van der Waals surface area contributed by atoms with E-state index < -0.39 is 12.0 Å². The molecule has 0 bridgehead atoms. The smallest absolute Gasteiger partial charge is 0.326 e. The second kappa shape index (κ2) is 5.34. The van der Waals surface area contributed by atoms with E-state index in [0.717, 1.165) is 14.8 Å². The Balaban J connectivity index is 2.88. The van der Waals surface area contributed by atoms with Gasteiger partial charge in [0.05, 0.1) is 0 Å². The summed E-state index contributed by atoms with van der Waals surface area (Å²) in [4.78, 5) is 10.9. The van der Waals surface area contributed by atoms with E-state index >= 15 is 0 Å². The largest absolute Gasteiger partial charge is 0.480 e. The highest BCUT2D eigenvalue weighted by molar-refractivity contribution is 14.1.